The third kappa shape index (κ3) is 5.46. The number of aliphatic hydroxyl groups is 2. The molecule has 7 heteroatoms. The Kier molecular flexibility index (Phi) is 5.16. The van der Waals surface area contributed by atoms with Crippen LogP contribution in [0.15, 0.2) is 24.3 Å². The fraction of sp³-hybridized carbons (Fsp3) is 0.500. The predicted molar refractivity (Wildman–Crippen MR) is 62.5 cm³/mol. The summed E-state index contributed by atoms with van der Waals surface area (Å²) in [7, 11) is 0. The molecule has 0 saturated heterocycles. The van der Waals surface area contributed by atoms with Gasteiger partial charge in [0.2, 0.25) is 0 Å². The summed E-state index contributed by atoms with van der Waals surface area (Å²) in [5.41, 5.74) is -0.337. The number of halogens is 3. The summed E-state index contributed by atoms with van der Waals surface area (Å²) in [5.74, 6) is -0.304. The Labute approximate surface area is 108 Å². The molecule has 0 unspecified atom stereocenters. The molecule has 3 N–H and O–H groups in total. The van der Waals surface area contributed by atoms with E-state index in [0.29, 0.717) is 5.56 Å². The Morgan fingerprint density at radius 1 is 1.21 bits per heavy atom. The van der Waals surface area contributed by atoms with Gasteiger partial charge in [-0.15, -0.1) is 13.2 Å². The van der Waals surface area contributed by atoms with Crippen LogP contribution in [0.3, 0.4) is 0 Å². The molecular formula is C12H16F3NO3. The molecule has 0 radical (unpaired) electrons. The van der Waals surface area contributed by atoms with Crippen molar-refractivity contribution in [3.63, 3.8) is 0 Å². The van der Waals surface area contributed by atoms with Crippen LogP contribution < -0.4 is 10.1 Å². The molecule has 0 aliphatic heterocycles. The number of rotatable bonds is 6. The standard InChI is InChI=1S/C12H16F3NO3/c1-11(7-17,8-18)16-6-9-3-2-4-10(5-9)19-12(13,14)15/h2-5,16-18H,6-8H2,1H3. The van der Waals surface area contributed by atoms with E-state index in [-0.39, 0.29) is 25.5 Å². The lowest BCUT2D eigenvalue weighted by Crippen LogP contribution is -2.48. The van der Waals surface area contributed by atoms with Gasteiger partial charge in [-0.25, -0.2) is 0 Å². The molecule has 0 aliphatic carbocycles. The Morgan fingerprint density at radius 2 is 1.84 bits per heavy atom. The summed E-state index contributed by atoms with van der Waals surface area (Å²) in [6.45, 7) is 1.22. The number of hydrogen-bond acceptors (Lipinski definition) is 4. The van der Waals surface area contributed by atoms with E-state index in [0.717, 1.165) is 0 Å². The highest BCUT2D eigenvalue weighted by molar-refractivity contribution is 5.28. The molecule has 4 nitrogen and oxygen atoms in total. The van der Waals surface area contributed by atoms with Crippen LogP contribution >= 0.6 is 0 Å². The van der Waals surface area contributed by atoms with Gasteiger partial charge in [0.1, 0.15) is 5.75 Å². The van der Waals surface area contributed by atoms with Crippen LogP contribution in [-0.4, -0.2) is 35.3 Å². The van der Waals surface area contributed by atoms with Crippen molar-refractivity contribution < 1.29 is 28.1 Å². The van der Waals surface area contributed by atoms with E-state index in [2.05, 4.69) is 10.1 Å². The Morgan fingerprint density at radius 3 is 2.37 bits per heavy atom. The van der Waals surface area contributed by atoms with Crippen molar-refractivity contribution in [3.8, 4) is 5.75 Å². The molecule has 0 amide bonds. The van der Waals surface area contributed by atoms with Crippen LogP contribution in [-0.2, 0) is 6.54 Å². The van der Waals surface area contributed by atoms with Gasteiger partial charge in [0.25, 0.3) is 0 Å². The van der Waals surface area contributed by atoms with E-state index < -0.39 is 11.9 Å². The molecule has 0 aromatic heterocycles. The van der Waals surface area contributed by atoms with E-state index in [1.165, 1.54) is 18.2 Å². The fourth-order valence-electron chi connectivity index (χ4n) is 1.33. The van der Waals surface area contributed by atoms with Gasteiger partial charge in [0, 0.05) is 6.54 Å². The molecule has 0 heterocycles. The first-order valence-corrected chi connectivity index (χ1v) is 5.59. The van der Waals surface area contributed by atoms with Gasteiger partial charge in [-0.3, -0.25) is 0 Å². The van der Waals surface area contributed by atoms with Crippen LogP contribution in [0, 0.1) is 0 Å². The van der Waals surface area contributed by atoms with Gasteiger partial charge in [-0.1, -0.05) is 12.1 Å². The van der Waals surface area contributed by atoms with Crippen molar-refractivity contribution in [2.45, 2.75) is 25.4 Å². The zero-order chi connectivity index (χ0) is 14.5. The highest BCUT2D eigenvalue weighted by Gasteiger charge is 2.31. The minimum absolute atomic E-state index is 0.201. The van der Waals surface area contributed by atoms with Crippen LogP contribution in [0.2, 0.25) is 0 Å². The average Bonchev–Trinajstić information content (AvgIpc) is 2.34. The maximum absolute atomic E-state index is 12.1. The van der Waals surface area contributed by atoms with E-state index in [1.54, 1.807) is 13.0 Å². The Hall–Kier alpha value is -1.31. The summed E-state index contributed by atoms with van der Waals surface area (Å²) in [6, 6.07) is 5.50. The summed E-state index contributed by atoms with van der Waals surface area (Å²) < 4.78 is 40.0. The van der Waals surface area contributed by atoms with E-state index in [1.807, 2.05) is 0 Å². The zero-order valence-electron chi connectivity index (χ0n) is 10.4. The molecule has 0 aliphatic rings. The lowest BCUT2D eigenvalue weighted by molar-refractivity contribution is -0.274. The Balaban J connectivity index is 2.67. The van der Waals surface area contributed by atoms with Crippen LogP contribution in [0.1, 0.15) is 12.5 Å². The van der Waals surface area contributed by atoms with E-state index in [4.69, 9.17) is 10.2 Å². The SMILES string of the molecule is CC(CO)(CO)NCc1cccc(OC(F)(F)F)c1. The lowest BCUT2D eigenvalue weighted by atomic mass is 10.0. The van der Waals surface area contributed by atoms with Gasteiger partial charge < -0.3 is 20.3 Å². The summed E-state index contributed by atoms with van der Waals surface area (Å²) in [5, 5.41) is 21.0. The van der Waals surface area contributed by atoms with Crippen LogP contribution in [0.25, 0.3) is 0 Å². The molecule has 1 aromatic rings. The number of ether oxygens (including phenoxy) is 1. The summed E-state index contributed by atoms with van der Waals surface area (Å²) in [6.07, 6.45) is -4.73. The van der Waals surface area contributed by atoms with Crippen LogP contribution in [0.5, 0.6) is 5.75 Å². The molecule has 0 saturated carbocycles. The quantitative estimate of drug-likeness (QED) is 0.737. The van der Waals surface area contributed by atoms with Gasteiger partial charge >= 0.3 is 6.36 Å². The van der Waals surface area contributed by atoms with E-state index in [9.17, 15) is 13.2 Å². The van der Waals surface area contributed by atoms with Gasteiger partial charge in [-0.05, 0) is 24.6 Å². The molecule has 1 rings (SSSR count). The first kappa shape index (κ1) is 15.7. The van der Waals surface area contributed by atoms with Crippen molar-refractivity contribution in [1.82, 2.24) is 5.32 Å². The molecule has 108 valence electrons. The third-order valence-electron chi connectivity index (χ3n) is 2.55. The topological polar surface area (TPSA) is 61.7 Å². The highest BCUT2D eigenvalue weighted by Crippen LogP contribution is 2.23. The number of hydrogen-bond donors (Lipinski definition) is 3. The van der Waals surface area contributed by atoms with Crippen molar-refractivity contribution in [1.29, 1.82) is 0 Å². The predicted octanol–water partition coefficient (Wildman–Crippen LogP) is 1.42. The maximum Gasteiger partial charge on any atom is 0.573 e. The number of aliphatic hydroxyl groups excluding tert-OH is 2. The maximum atomic E-state index is 12.1. The van der Waals surface area contributed by atoms with Gasteiger partial charge in [0.15, 0.2) is 0 Å². The minimum atomic E-state index is -4.73. The van der Waals surface area contributed by atoms with Crippen molar-refractivity contribution in [2.24, 2.45) is 0 Å². The smallest absolute Gasteiger partial charge is 0.406 e. The number of nitrogens with one attached hydrogen (secondary N) is 1. The van der Waals surface area contributed by atoms with Crippen molar-refractivity contribution in [3.05, 3.63) is 29.8 Å². The summed E-state index contributed by atoms with van der Waals surface area (Å²) >= 11 is 0. The first-order chi connectivity index (χ1) is 8.78. The Bertz CT molecular complexity index is 405. The van der Waals surface area contributed by atoms with Crippen molar-refractivity contribution in [2.75, 3.05) is 13.2 Å². The second-order valence-electron chi connectivity index (χ2n) is 4.43. The van der Waals surface area contributed by atoms with Crippen LogP contribution in [0.4, 0.5) is 13.2 Å². The zero-order valence-corrected chi connectivity index (χ0v) is 10.4. The summed E-state index contributed by atoms with van der Waals surface area (Å²) in [4.78, 5) is 0. The molecular weight excluding hydrogens is 263 g/mol. The number of alkyl halides is 3. The van der Waals surface area contributed by atoms with Crippen molar-refractivity contribution >= 4 is 0 Å². The first-order valence-electron chi connectivity index (χ1n) is 5.59. The molecule has 0 atom stereocenters. The van der Waals surface area contributed by atoms with Gasteiger partial charge in [-0.2, -0.15) is 0 Å². The molecule has 0 bridgehead atoms. The minimum Gasteiger partial charge on any atom is -0.406 e. The molecule has 0 spiro atoms. The highest BCUT2D eigenvalue weighted by atomic mass is 19.4. The lowest BCUT2D eigenvalue weighted by Gasteiger charge is -2.26. The molecule has 0 fully saturated rings. The fourth-order valence-corrected chi connectivity index (χ4v) is 1.33. The normalized spacial score (nSPS) is 12.5. The largest absolute Gasteiger partial charge is 0.573 e. The second kappa shape index (κ2) is 6.23. The van der Waals surface area contributed by atoms with E-state index >= 15 is 0 Å². The third-order valence-corrected chi connectivity index (χ3v) is 2.55. The second-order valence-corrected chi connectivity index (χ2v) is 4.43. The monoisotopic (exact) mass is 279 g/mol. The molecule has 19 heavy (non-hydrogen) atoms. The average molecular weight is 279 g/mol. The molecule has 1 aromatic carbocycles. The van der Waals surface area contributed by atoms with Gasteiger partial charge in [0.05, 0.1) is 18.8 Å². The number of benzene rings is 1.